The molecule has 0 aliphatic rings. The SMILES string of the molecule is N=Nc1cccc(-c2ncc([N+](=O)[O-])s2)c1. The molecule has 1 aromatic carbocycles. The molecule has 0 spiro atoms. The van der Waals surface area contributed by atoms with E-state index in [0.717, 1.165) is 16.9 Å². The van der Waals surface area contributed by atoms with E-state index in [9.17, 15) is 10.1 Å². The third-order valence-corrected chi connectivity index (χ3v) is 2.89. The Balaban J connectivity index is 2.42. The van der Waals surface area contributed by atoms with Crippen molar-refractivity contribution in [2.45, 2.75) is 0 Å². The second-order valence-corrected chi connectivity index (χ2v) is 3.93. The summed E-state index contributed by atoms with van der Waals surface area (Å²) in [5.41, 5.74) is 8.10. The molecule has 7 heteroatoms. The van der Waals surface area contributed by atoms with E-state index in [-0.39, 0.29) is 5.00 Å². The van der Waals surface area contributed by atoms with E-state index in [4.69, 9.17) is 5.53 Å². The average molecular weight is 234 g/mol. The van der Waals surface area contributed by atoms with Crippen LogP contribution in [0.25, 0.3) is 10.6 Å². The Hall–Kier alpha value is -2.15. The van der Waals surface area contributed by atoms with Gasteiger partial charge >= 0.3 is 5.00 Å². The molecule has 0 atom stereocenters. The van der Waals surface area contributed by atoms with E-state index < -0.39 is 4.92 Å². The molecule has 16 heavy (non-hydrogen) atoms. The quantitative estimate of drug-likeness (QED) is 0.501. The van der Waals surface area contributed by atoms with Gasteiger partial charge in [0.05, 0.1) is 10.6 Å². The molecule has 2 rings (SSSR count). The van der Waals surface area contributed by atoms with E-state index in [0.29, 0.717) is 10.7 Å². The van der Waals surface area contributed by atoms with Crippen LogP contribution in [0.15, 0.2) is 35.6 Å². The van der Waals surface area contributed by atoms with Gasteiger partial charge in [-0.15, -0.1) is 0 Å². The molecule has 1 N–H and O–H groups in total. The molecular formula is C9H6N4O2S. The zero-order chi connectivity index (χ0) is 11.5. The van der Waals surface area contributed by atoms with E-state index in [1.807, 2.05) is 0 Å². The van der Waals surface area contributed by atoms with Crippen LogP contribution in [-0.2, 0) is 0 Å². The topological polar surface area (TPSA) is 92.2 Å². The first kappa shape index (κ1) is 10.4. The van der Waals surface area contributed by atoms with Gasteiger partial charge in [0.2, 0.25) is 0 Å². The number of thiazole rings is 1. The monoisotopic (exact) mass is 234 g/mol. The Morgan fingerprint density at radius 3 is 2.94 bits per heavy atom. The van der Waals surface area contributed by atoms with Crippen LogP contribution in [0.2, 0.25) is 0 Å². The van der Waals surface area contributed by atoms with Crippen molar-refractivity contribution in [2.75, 3.05) is 0 Å². The maximum absolute atomic E-state index is 10.5. The molecule has 1 heterocycles. The Kier molecular flexibility index (Phi) is 2.69. The van der Waals surface area contributed by atoms with E-state index >= 15 is 0 Å². The summed E-state index contributed by atoms with van der Waals surface area (Å²) in [6, 6.07) is 6.85. The minimum atomic E-state index is -0.472. The molecule has 2 aromatic rings. The lowest BCUT2D eigenvalue weighted by Crippen LogP contribution is -1.80. The maximum atomic E-state index is 10.5. The molecule has 0 saturated heterocycles. The molecule has 1 aromatic heterocycles. The summed E-state index contributed by atoms with van der Waals surface area (Å²) in [6.45, 7) is 0. The van der Waals surface area contributed by atoms with Crippen LogP contribution in [0, 0.1) is 15.6 Å². The number of hydrogen-bond acceptors (Lipinski definition) is 6. The largest absolute Gasteiger partial charge is 0.344 e. The van der Waals surface area contributed by atoms with Gasteiger partial charge in [-0.3, -0.25) is 10.1 Å². The average Bonchev–Trinajstić information content (AvgIpc) is 2.78. The Morgan fingerprint density at radius 2 is 2.31 bits per heavy atom. The first-order valence-electron chi connectivity index (χ1n) is 4.29. The number of aromatic nitrogens is 1. The maximum Gasteiger partial charge on any atom is 0.344 e. The number of benzene rings is 1. The summed E-state index contributed by atoms with van der Waals surface area (Å²) in [4.78, 5) is 14.0. The van der Waals surface area contributed by atoms with E-state index in [2.05, 4.69) is 10.1 Å². The van der Waals surface area contributed by atoms with Crippen molar-refractivity contribution in [1.29, 1.82) is 5.53 Å². The van der Waals surface area contributed by atoms with Gasteiger partial charge in [0, 0.05) is 5.56 Å². The third-order valence-electron chi connectivity index (χ3n) is 1.90. The van der Waals surface area contributed by atoms with Gasteiger partial charge in [-0.05, 0) is 23.5 Å². The molecule has 0 saturated carbocycles. The summed E-state index contributed by atoms with van der Waals surface area (Å²) < 4.78 is 0. The van der Waals surface area contributed by atoms with Gasteiger partial charge in [-0.25, -0.2) is 10.5 Å². The summed E-state index contributed by atoms with van der Waals surface area (Å²) in [5.74, 6) is 0. The molecule has 0 fully saturated rings. The highest BCUT2D eigenvalue weighted by molar-refractivity contribution is 7.18. The zero-order valence-corrected chi connectivity index (χ0v) is 8.77. The second kappa shape index (κ2) is 4.15. The van der Waals surface area contributed by atoms with Crippen LogP contribution in [0.3, 0.4) is 0 Å². The minimum Gasteiger partial charge on any atom is -0.257 e. The van der Waals surface area contributed by atoms with Crippen LogP contribution in [0.5, 0.6) is 0 Å². The van der Waals surface area contributed by atoms with Gasteiger partial charge in [0.25, 0.3) is 0 Å². The number of nitrogens with one attached hydrogen (secondary N) is 1. The molecule has 80 valence electrons. The van der Waals surface area contributed by atoms with Crippen LogP contribution < -0.4 is 0 Å². The molecule has 0 aliphatic heterocycles. The van der Waals surface area contributed by atoms with Gasteiger partial charge in [0.15, 0.2) is 0 Å². The summed E-state index contributed by atoms with van der Waals surface area (Å²) in [5, 5.41) is 14.3. The molecule has 0 aliphatic carbocycles. The van der Waals surface area contributed by atoms with Gasteiger partial charge in [0.1, 0.15) is 11.2 Å². The van der Waals surface area contributed by atoms with Gasteiger partial charge < -0.3 is 0 Å². The minimum absolute atomic E-state index is 0.00298. The lowest BCUT2D eigenvalue weighted by Gasteiger charge is -1.95. The van der Waals surface area contributed by atoms with Gasteiger partial charge in [-0.2, -0.15) is 5.11 Å². The Labute approximate surface area is 94.2 Å². The predicted octanol–water partition coefficient (Wildman–Crippen LogP) is 3.38. The molecular weight excluding hydrogens is 228 g/mol. The highest BCUT2D eigenvalue weighted by atomic mass is 32.1. The molecule has 0 bridgehead atoms. The number of hydrogen-bond donors (Lipinski definition) is 1. The summed E-state index contributed by atoms with van der Waals surface area (Å²) >= 11 is 1.00. The van der Waals surface area contributed by atoms with Crippen LogP contribution >= 0.6 is 11.3 Å². The van der Waals surface area contributed by atoms with Crippen molar-refractivity contribution < 1.29 is 4.92 Å². The van der Waals surface area contributed by atoms with E-state index in [1.54, 1.807) is 24.3 Å². The predicted molar refractivity (Wildman–Crippen MR) is 59.0 cm³/mol. The summed E-state index contributed by atoms with van der Waals surface area (Å²) in [6.07, 6.45) is 1.23. The van der Waals surface area contributed by atoms with Crippen molar-refractivity contribution in [3.63, 3.8) is 0 Å². The van der Waals surface area contributed by atoms with Crippen molar-refractivity contribution in [1.82, 2.24) is 4.98 Å². The third kappa shape index (κ3) is 1.94. The first-order chi connectivity index (χ1) is 7.70. The van der Waals surface area contributed by atoms with Crippen LogP contribution in [-0.4, -0.2) is 9.91 Å². The smallest absolute Gasteiger partial charge is 0.257 e. The number of nitro groups is 1. The lowest BCUT2D eigenvalue weighted by atomic mass is 10.2. The Morgan fingerprint density at radius 1 is 1.50 bits per heavy atom. The van der Waals surface area contributed by atoms with Crippen molar-refractivity contribution >= 4 is 22.0 Å². The molecule has 0 amide bonds. The fraction of sp³-hybridized carbons (Fsp3) is 0. The zero-order valence-electron chi connectivity index (χ0n) is 7.95. The lowest BCUT2D eigenvalue weighted by molar-refractivity contribution is -0.380. The van der Waals surface area contributed by atoms with Crippen molar-refractivity contribution in [3.05, 3.63) is 40.6 Å². The highest BCUT2D eigenvalue weighted by Gasteiger charge is 2.12. The Bertz CT molecular complexity index is 552. The molecule has 0 unspecified atom stereocenters. The number of rotatable bonds is 3. The normalized spacial score (nSPS) is 10.0. The van der Waals surface area contributed by atoms with Crippen LogP contribution in [0.1, 0.15) is 0 Å². The first-order valence-corrected chi connectivity index (χ1v) is 5.10. The fourth-order valence-electron chi connectivity index (χ4n) is 1.19. The second-order valence-electron chi connectivity index (χ2n) is 2.92. The molecule has 0 radical (unpaired) electrons. The fourth-order valence-corrected chi connectivity index (χ4v) is 1.92. The van der Waals surface area contributed by atoms with Gasteiger partial charge in [-0.1, -0.05) is 12.1 Å². The molecule has 6 nitrogen and oxygen atoms in total. The van der Waals surface area contributed by atoms with Crippen molar-refractivity contribution in [2.24, 2.45) is 5.11 Å². The standard InChI is InChI=1S/C9H6N4O2S/c10-12-7-3-1-2-6(4-7)9-11-5-8(16-9)13(14)15/h1-5,10H. The number of nitrogens with zero attached hydrogens (tertiary/aromatic N) is 3. The summed E-state index contributed by atoms with van der Waals surface area (Å²) in [7, 11) is 0. The highest BCUT2D eigenvalue weighted by Crippen LogP contribution is 2.31. The van der Waals surface area contributed by atoms with Crippen molar-refractivity contribution in [3.8, 4) is 10.6 Å². The van der Waals surface area contributed by atoms with Crippen LogP contribution in [0.4, 0.5) is 10.7 Å². The van der Waals surface area contributed by atoms with E-state index in [1.165, 1.54) is 6.20 Å².